The number of methoxy groups -OCH3 is 1. The average Bonchev–Trinajstić information content (AvgIpc) is 3.23. The second kappa shape index (κ2) is 5.35. The van der Waals surface area contributed by atoms with Gasteiger partial charge in [0.25, 0.3) is 0 Å². The van der Waals surface area contributed by atoms with Gasteiger partial charge < -0.3 is 19.2 Å². The highest BCUT2D eigenvalue weighted by molar-refractivity contribution is 5.73. The maximum atomic E-state index is 13.8. The normalized spacial score (nSPS) is 12.4. The molecule has 0 saturated heterocycles. The van der Waals surface area contributed by atoms with Crippen LogP contribution in [0.25, 0.3) is 22.4 Å². The summed E-state index contributed by atoms with van der Waals surface area (Å²) < 4.78 is 29.5. The highest BCUT2D eigenvalue weighted by Crippen LogP contribution is 2.37. The Bertz CT molecular complexity index is 872. The molecule has 0 bridgehead atoms. The maximum Gasteiger partial charge on any atom is 0.231 e. The number of hydrogen-bond acceptors (Lipinski definition) is 3. The van der Waals surface area contributed by atoms with Gasteiger partial charge in [-0.3, -0.25) is 0 Å². The van der Waals surface area contributed by atoms with E-state index in [9.17, 15) is 4.39 Å². The molecule has 2 heterocycles. The summed E-state index contributed by atoms with van der Waals surface area (Å²) in [6, 6.07) is 12.6. The van der Waals surface area contributed by atoms with Crippen molar-refractivity contribution in [2.24, 2.45) is 0 Å². The number of halogens is 1. The first-order valence-electron chi connectivity index (χ1n) is 7.17. The van der Waals surface area contributed by atoms with E-state index in [0.29, 0.717) is 0 Å². The van der Waals surface area contributed by atoms with Crippen molar-refractivity contribution in [3.8, 4) is 39.6 Å². The number of aromatic nitrogens is 1. The molecular formula is C18H14FNO3. The Balaban J connectivity index is 1.68. The molecule has 4 rings (SSSR count). The van der Waals surface area contributed by atoms with Gasteiger partial charge in [0.1, 0.15) is 0 Å². The maximum absolute atomic E-state index is 13.8. The van der Waals surface area contributed by atoms with E-state index >= 15 is 0 Å². The Morgan fingerprint density at radius 2 is 1.78 bits per heavy atom. The van der Waals surface area contributed by atoms with Gasteiger partial charge in [-0.15, -0.1) is 0 Å². The number of aromatic amines is 1. The van der Waals surface area contributed by atoms with Crippen LogP contribution in [0.3, 0.4) is 0 Å². The van der Waals surface area contributed by atoms with E-state index in [1.54, 1.807) is 6.07 Å². The molecule has 0 atom stereocenters. The third-order valence-electron chi connectivity index (χ3n) is 3.85. The van der Waals surface area contributed by atoms with Gasteiger partial charge in [0, 0.05) is 17.5 Å². The SMILES string of the molecule is COc1ccc(-c2cc(-c3ccc4c(c3)OCO4)c[nH]2)cc1F. The summed E-state index contributed by atoms with van der Waals surface area (Å²) >= 11 is 0. The number of hydrogen-bond donors (Lipinski definition) is 1. The number of benzene rings is 2. The molecule has 0 aliphatic carbocycles. The van der Waals surface area contributed by atoms with E-state index in [1.807, 2.05) is 36.5 Å². The highest BCUT2D eigenvalue weighted by Gasteiger charge is 2.15. The monoisotopic (exact) mass is 311 g/mol. The van der Waals surface area contributed by atoms with Crippen molar-refractivity contribution in [1.82, 2.24) is 4.98 Å². The molecule has 1 aliphatic rings. The quantitative estimate of drug-likeness (QED) is 0.787. The summed E-state index contributed by atoms with van der Waals surface area (Å²) in [4.78, 5) is 3.17. The van der Waals surface area contributed by atoms with Gasteiger partial charge in [0.2, 0.25) is 6.79 Å². The fourth-order valence-corrected chi connectivity index (χ4v) is 2.64. The Labute approximate surface area is 132 Å². The number of nitrogens with one attached hydrogen (secondary N) is 1. The van der Waals surface area contributed by atoms with Crippen molar-refractivity contribution < 1.29 is 18.6 Å². The third-order valence-corrected chi connectivity index (χ3v) is 3.85. The minimum absolute atomic E-state index is 0.233. The Morgan fingerprint density at radius 1 is 0.957 bits per heavy atom. The lowest BCUT2D eigenvalue weighted by Crippen LogP contribution is -1.92. The molecule has 0 radical (unpaired) electrons. The summed E-state index contributed by atoms with van der Waals surface area (Å²) in [5, 5.41) is 0. The molecule has 1 aliphatic heterocycles. The van der Waals surface area contributed by atoms with Gasteiger partial charge in [-0.05, 0) is 47.5 Å². The third kappa shape index (κ3) is 2.40. The van der Waals surface area contributed by atoms with Gasteiger partial charge in [0.15, 0.2) is 23.1 Å². The topological polar surface area (TPSA) is 43.5 Å². The van der Waals surface area contributed by atoms with Crippen LogP contribution in [-0.4, -0.2) is 18.9 Å². The van der Waals surface area contributed by atoms with Crippen LogP contribution < -0.4 is 14.2 Å². The second-order valence-electron chi connectivity index (χ2n) is 5.22. The molecule has 0 spiro atoms. The van der Waals surface area contributed by atoms with E-state index in [2.05, 4.69) is 4.98 Å². The molecule has 0 amide bonds. The predicted molar refractivity (Wildman–Crippen MR) is 84.3 cm³/mol. The van der Waals surface area contributed by atoms with Crippen molar-refractivity contribution in [3.05, 3.63) is 54.5 Å². The van der Waals surface area contributed by atoms with Crippen molar-refractivity contribution in [3.63, 3.8) is 0 Å². The number of fused-ring (bicyclic) bond motifs is 1. The van der Waals surface area contributed by atoms with Crippen LogP contribution in [0.15, 0.2) is 48.7 Å². The molecule has 0 fully saturated rings. The lowest BCUT2D eigenvalue weighted by atomic mass is 10.1. The zero-order chi connectivity index (χ0) is 15.8. The molecule has 0 saturated carbocycles. The van der Waals surface area contributed by atoms with Gasteiger partial charge >= 0.3 is 0 Å². The van der Waals surface area contributed by atoms with Crippen LogP contribution in [0, 0.1) is 5.82 Å². The fraction of sp³-hybridized carbons (Fsp3) is 0.111. The minimum atomic E-state index is -0.385. The smallest absolute Gasteiger partial charge is 0.231 e. The zero-order valence-electron chi connectivity index (χ0n) is 12.4. The van der Waals surface area contributed by atoms with E-state index in [-0.39, 0.29) is 18.4 Å². The molecule has 2 aromatic carbocycles. The van der Waals surface area contributed by atoms with Crippen LogP contribution in [0.2, 0.25) is 0 Å². The predicted octanol–water partition coefficient (Wildman–Crippen LogP) is 4.23. The van der Waals surface area contributed by atoms with Crippen LogP contribution in [0.4, 0.5) is 4.39 Å². The van der Waals surface area contributed by atoms with Crippen LogP contribution in [0.5, 0.6) is 17.2 Å². The number of H-pyrrole nitrogens is 1. The molecule has 1 aromatic heterocycles. The first-order valence-corrected chi connectivity index (χ1v) is 7.17. The Morgan fingerprint density at radius 3 is 2.61 bits per heavy atom. The summed E-state index contributed by atoms with van der Waals surface area (Å²) in [5.41, 5.74) is 3.59. The van der Waals surface area contributed by atoms with Gasteiger partial charge in [-0.1, -0.05) is 6.07 Å². The average molecular weight is 311 g/mol. The summed E-state index contributed by atoms with van der Waals surface area (Å²) in [5.74, 6) is 1.34. The van der Waals surface area contributed by atoms with Crippen LogP contribution in [-0.2, 0) is 0 Å². The van der Waals surface area contributed by atoms with Crippen molar-refractivity contribution in [2.45, 2.75) is 0 Å². The molecular weight excluding hydrogens is 297 g/mol. The summed E-state index contributed by atoms with van der Waals surface area (Å²) in [6.45, 7) is 0.252. The lowest BCUT2D eigenvalue weighted by molar-refractivity contribution is 0.174. The first-order chi connectivity index (χ1) is 11.2. The summed E-state index contributed by atoms with van der Waals surface area (Å²) in [6.07, 6.45) is 1.88. The van der Waals surface area contributed by atoms with Crippen molar-refractivity contribution in [1.29, 1.82) is 0 Å². The molecule has 3 aromatic rings. The summed E-state index contributed by atoms with van der Waals surface area (Å²) in [7, 11) is 1.45. The molecule has 5 heteroatoms. The van der Waals surface area contributed by atoms with Crippen LogP contribution >= 0.6 is 0 Å². The number of ether oxygens (including phenoxy) is 3. The second-order valence-corrected chi connectivity index (χ2v) is 5.22. The molecule has 116 valence electrons. The zero-order valence-corrected chi connectivity index (χ0v) is 12.4. The molecule has 4 nitrogen and oxygen atoms in total. The molecule has 23 heavy (non-hydrogen) atoms. The lowest BCUT2D eigenvalue weighted by Gasteiger charge is -2.03. The first kappa shape index (κ1) is 13.7. The van der Waals surface area contributed by atoms with E-state index in [1.165, 1.54) is 13.2 Å². The molecule has 0 unspecified atom stereocenters. The van der Waals surface area contributed by atoms with Crippen molar-refractivity contribution >= 4 is 0 Å². The van der Waals surface area contributed by atoms with Gasteiger partial charge in [-0.25, -0.2) is 4.39 Å². The van der Waals surface area contributed by atoms with Gasteiger partial charge in [0.05, 0.1) is 7.11 Å². The number of rotatable bonds is 3. The Kier molecular flexibility index (Phi) is 3.19. The fourth-order valence-electron chi connectivity index (χ4n) is 2.64. The molecule has 1 N–H and O–H groups in total. The van der Waals surface area contributed by atoms with E-state index < -0.39 is 0 Å². The van der Waals surface area contributed by atoms with E-state index in [4.69, 9.17) is 14.2 Å². The van der Waals surface area contributed by atoms with Gasteiger partial charge in [-0.2, -0.15) is 0 Å². The highest BCUT2D eigenvalue weighted by atomic mass is 19.1. The van der Waals surface area contributed by atoms with Crippen LogP contribution in [0.1, 0.15) is 0 Å². The Hall–Kier alpha value is -2.95. The largest absolute Gasteiger partial charge is 0.494 e. The van der Waals surface area contributed by atoms with Crippen molar-refractivity contribution in [2.75, 3.05) is 13.9 Å². The van der Waals surface area contributed by atoms with E-state index in [0.717, 1.165) is 33.9 Å². The minimum Gasteiger partial charge on any atom is -0.494 e. The standard InChI is InChI=1S/C18H14FNO3/c1-21-16-4-3-12(6-14(16)19)15-7-13(9-20-15)11-2-5-17-18(8-11)23-10-22-17/h2-9,20H,10H2,1H3.